The Hall–Kier alpha value is -1.33. The average Bonchev–Trinajstić information content (AvgIpc) is 2.99. The summed E-state index contributed by atoms with van der Waals surface area (Å²) in [6.07, 6.45) is 3.90. The zero-order valence-electron chi connectivity index (χ0n) is 11.1. The van der Waals surface area contributed by atoms with Gasteiger partial charge in [-0.2, -0.15) is 5.10 Å². The fraction of sp³-hybridized carbons (Fsp3) is 0.286. The molecule has 0 saturated heterocycles. The molecule has 0 bridgehead atoms. The predicted molar refractivity (Wildman–Crippen MR) is 84.0 cm³/mol. The molecule has 0 radical (unpaired) electrons. The predicted octanol–water partition coefficient (Wildman–Crippen LogP) is 3.74. The van der Waals surface area contributed by atoms with Crippen LogP contribution in [0.2, 0.25) is 0 Å². The number of rotatable bonds is 4. The van der Waals surface area contributed by atoms with E-state index in [0.717, 1.165) is 34.4 Å². The van der Waals surface area contributed by atoms with Crippen LogP contribution in [0, 0.1) is 6.92 Å². The topological polar surface area (TPSA) is 35.6 Å². The van der Waals surface area contributed by atoms with E-state index in [0.29, 0.717) is 5.88 Å². The van der Waals surface area contributed by atoms with E-state index in [9.17, 15) is 0 Å². The summed E-state index contributed by atoms with van der Waals surface area (Å²) >= 11 is 9.52. The lowest BCUT2D eigenvalue weighted by atomic mass is 10.3. The van der Waals surface area contributed by atoms with Gasteiger partial charge in [-0.25, -0.2) is 4.98 Å². The zero-order chi connectivity index (χ0) is 14.1. The Morgan fingerprint density at radius 2 is 2.15 bits per heavy atom. The van der Waals surface area contributed by atoms with Crippen LogP contribution in [0.25, 0.3) is 11.0 Å². The first-order chi connectivity index (χ1) is 9.67. The fourth-order valence-electron chi connectivity index (χ4n) is 2.29. The molecule has 3 aromatic rings. The summed E-state index contributed by atoms with van der Waals surface area (Å²) in [4.78, 5) is 4.57. The van der Waals surface area contributed by atoms with Gasteiger partial charge in [0.1, 0.15) is 5.82 Å². The highest BCUT2D eigenvalue weighted by Gasteiger charge is 2.10. The molecule has 3 rings (SSSR count). The van der Waals surface area contributed by atoms with Crippen LogP contribution in [0.4, 0.5) is 0 Å². The van der Waals surface area contributed by atoms with Crippen molar-refractivity contribution < 1.29 is 0 Å². The van der Waals surface area contributed by atoms with Gasteiger partial charge in [0.2, 0.25) is 0 Å². The van der Waals surface area contributed by atoms with Gasteiger partial charge in [0.15, 0.2) is 0 Å². The summed E-state index contributed by atoms with van der Waals surface area (Å²) in [5.41, 5.74) is 3.24. The Labute approximate surface area is 130 Å². The molecule has 1 aromatic carbocycles. The number of aryl methyl sites for hydroxylation is 3. The lowest BCUT2D eigenvalue weighted by Gasteiger charge is -2.08. The van der Waals surface area contributed by atoms with Gasteiger partial charge in [-0.05, 0) is 30.7 Å². The molecule has 0 spiro atoms. The molecule has 20 heavy (non-hydrogen) atoms. The molecule has 2 aromatic heterocycles. The van der Waals surface area contributed by atoms with Crippen molar-refractivity contribution in [1.29, 1.82) is 0 Å². The van der Waals surface area contributed by atoms with Crippen molar-refractivity contribution in [2.24, 2.45) is 0 Å². The van der Waals surface area contributed by atoms with Gasteiger partial charge in [0, 0.05) is 17.2 Å². The summed E-state index contributed by atoms with van der Waals surface area (Å²) in [6.45, 7) is 3.64. The first-order valence-corrected chi connectivity index (χ1v) is 7.70. The standard InChI is InChI=1S/C14H14BrClN4/c1-10-8-17-19(9-10)4-5-20-13-6-11(15)2-3-12(13)18-14(20)7-16/h2-3,6,8-9H,4-5,7H2,1H3. The molecule has 0 atom stereocenters. The second-order valence-electron chi connectivity index (χ2n) is 4.73. The number of fused-ring (bicyclic) bond motifs is 1. The smallest absolute Gasteiger partial charge is 0.124 e. The molecular weight excluding hydrogens is 340 g/mol. The van der Waals surface area contributed by atoms with Crippen molar-refractivity contribution in [1.82, 2.24) is 19.3 Å². The van der Waals surface area contributed by atoms with E-state index in [1.807, 2.05) is 36.1 Å². The Morgan fingerprint density at radius 1 is 1.30 bits per heavy atom. The van der Waals surface area contributed by atoms with Gasteiger partial charge < -0.3 is 4.57 Å². The van der Waals surface area contributed by atoms with Crippen molar-refractivity contribution in [3.05, 3.63) is 46.5 Å². The highest BCUT2D eigenvalue weighted by atomic mass is 79.9. The summed E-state index contributed by atoms with van der Waals surface area (Å²) in [6, 6.07) is 6.07. The van der Waals surface area contributed by atoms with Crippen molar-refractivity contribution in [3.8, 4) is 0 Å². The van der Waals surface area contributed by atoms with Crippen LogP contribution in [0.3, 0.4) is 0 Å². The summed E-state index contributed by atoms with van der Waals surface area (Å²) in [5, 5.41) is 4.31. The van der Waals surface area contributed by atoms with Crippen LogP contribution in [0.5, 0.6) is 0 Å². The van der Waals surface area contributed by atoms with Crippen LogP contribution < -0.4 is 0 Å². The molecule has 0 N–H and O–H groups in total. The number of hydrogen-bond donors (Lipinski definition) is 0. The molecule has 0 aliphatic carbocycles. The Balaban J connectivity index is 1.94. The first-order valence-electron chi connectivity index (χ1n) is 6.37. The van der Waals surface area contributed by atoms with Crippen LogP contribution in [0.15, 0.2) is 35.1 Å². The van der Waals surface area contributed by atoms with E-state index >= 15 is 0 Å². The van der Waals surface area contributed by atoms with Gasteiger partial charge in [0.05, 0.1) is 29.7 Å². The lowest BCUT2D eigenvalue weighted by Crippen LogP contribution is -2.10. The van der Waals surface area contributed by atoms with Crippen molar-refractivity contribution in [2.75, 3.05) is 0 Å². The minimum atomic E-state index is 0.407. The number of nitrogens with zero attached hydrogens (tertiary/aromatic N) is 4. The second-order valence-corrected chi connectivity index (χ2v) is 5.91. The van der Waals surface area contributed by atoms with Gasteiger partial charge in [-0.1, -0.05) is 15.9 Å². The number of benzene rings is 1. The highest BCUT2D eigenvalue weighted by molar-refractivity contribution is 9.10. The maximum absolute atomic E-state index is 6.01. The number of aromatic nitrogens is 4. The molecule has 6 heteroatoms. The van der Waals surface area contributed by atoms with E-state index < -0.39 is 0 Å². The SMILES string of the molecule is Cc1cnn(CCn2c(CCl)nc3ccc(Br)cc32)c1. The normalized spacial score (nSPS) is 11.3. The molecule has 0 aliphatic rings. The quantitative estimate of drug-likeness (QED) is 0.670. The van der Waals surface area contributed by atoms with Crippen LogP contribution in [-0.4, -0.2) is 19.3 Å². The van der Waals surface area contributed by atoms with Crippen LogP contribution in [0.1, 0.15) is 11.4 Å². The largest absolute Gasteiger partial charge is 0.325 e. The average molecular weight is 354 g/mol. The zero-order valence-corrected chi connectivity index (χ0v) is 13.4. The van der Waals surface area contributed by atoms with Crippen molar-refractivity contribution in [2.45, 2.75) is 25.9 Å². The van der Waals surface area contributed by atoms with Gasteiger partial charge in [-0.3, -0.25) is 4.68 Å². The van der Waals surface area contributed by atoms with E-state index in [4.69, 9.17) is 11.6 Å². The summed E-state index contributed by atoms with van der Waals surface area (Å²) in [5.74, 6) is 1.30. The molecule has 104 valence electrons. The molecule has 2 heterocycles. The molecule has 0 fully saturated rings. The number of hydrogen-bond acceptors (Lipinski definition) is 2. The van der Waals surface area contributed by atoms with E-state index in [1.54, 1.807) is 0 Å². The number of imidazole rings is 1. The fourth-order valence-corrected chi connectivity index (χ4v) is 2.84. The third-order valence-corrected chi connectivity index (χ3v) is 3.96. The van der Waals surface area contributed by atoms with Gasteiger partial charge >= 0.3 is 0 Å². The Bertz CT molecular complexity index is 747. The highest BCUT2D eigenvalue weighted by Crippen LogP contribution is 2.22. The molecule has 0 aliphatic heterocycles. The summed E-state index contributed by atoms with van der Waals surface area (Å²) < 4.78 is 5.14. The number of halogens is 2. The molecule has 4 nitrogen and oxygen atoms in total. The van der Waals surface area contributed by atoms with Crippen molar-refractivity contribution in [3.63, 3.8) is 0 Å². The molecule has 0 amide bonds. The van der Waals surface area contributed by atoms with Crippen LogP contribution >= 0.6 is 27.5 Å². The van der Waals surface area contributed by atoms with E-state index in [2.05, 4.69) is 36.6 Å². The lowest BCUT2D eigenvalue weighted by molar-refractivity contribution is 0.532. The van der Waals surface area contributed by atoms with Crippen LogP contribution in [-0.2, 0) is 19.0 Å². The van der Waals surface area contributed by atoms with E-state index in [-0.39, 0.29) is 0 Å². The maximum atomic E-state index is 6.01. The minimum absolute atomic E-state index is 0.407. The number of alkyl halides is 1. The Morgan fingerprint density at radius 3 is 2.85 bits per heavy atom. The Kier molecular flexibility index (Phi) is 3.81. The first kappa shape index (κ1) is 13.6. The minimum Gasteiger partial charge on any atom is -0.325 e. The molecule has 0 unspecified atom stereocenters. The maximum Gasteiger partial charge on any atom is 0.124 e. The van der Waals surface area contributed by atoms with Gasteiger partial charge in [0.25, 0.3) is 0 Å². The van der Waals surface area contributed by atoms with E-state index in [1.165, 1.54) is 5.56 Å². The third kappa shape index (κ3) is 2.60. The monoisotopic (exact) mass is 352 g/mol. The molecule has 0 saturated carbocycles. The van der Waals surface area contributed by atoms with Crippen molar-refractivity contribution >= 4 is 38.6 Å². The summed E-state index contributed by atoms with van der Waals surface area (Å²) in [7, 11) is 0. The third-order valence-electron chi connectivity index (χ3n) is 3.22. The molecular formula is C14H14BrClN4. The van der Waals surface area contributed by atoms with Gasteiger partial charge in [-0.15, -0.1) is 11.6 Å². The second kappa shape index (κ2) is 5.58.